The minimum Gasteiger partial charge on any atom is -0.393 e. The first-order valence-electron chi connectivity index (χ1n) is 9.56. The van der Waals surface area contributed by atoms with Gasteiger partial charge in [0, 0.05) is 17.0 Å². The van der Waals surface area contributed by atoms with Crippen molar-refractivity contribution in [3.8, 4) is 0 Å². The number of hydrogen-bond donors (Lipinski definition) is 2. The van der Waals surface area contributed by atoms with Gasteiger partial charge in [0.2, 0.25) is 0 Å². The predicted molar refractivity (Wildman–Crippen MR) is 91.0 cm³/mol. The van der Waals surface area contributed by atoms with Crippen molar-refractivity contribution in [3.63, 3.8) is 0 Å². The molecule has 0 aromatic heterocycles. The number of rotatable bonds is 3. The zero-order chi connectivity index (χ0) is 15.6. The zero-order valence-corrected chi connectivity index (χ0v) is 14.7. The second-order valence-corrected chi connectivity index (χ2v) is 11.7. The van der Waals surface area contributed by atoms with Crippen molar-refractivity contribution in [1.82, 2.24) is 0 Å². The number of aliphatic hydroxyl groups is 2. The Balaban J connectivity index is 1.79. The summed E-state index contributed by atoms with van der Waals surface area (Å²) in [4.78, 5) is 0. The molecule has 22 heavy (non-hydrogen) atoms. The van der Waals surface area contributed by atoms with Crippen molar-refractivity contribution in [2.75, 3.05) is 0 Å². The summed E-state index contributed by atoms with van der Waals surface area (Å²) in [6, 6.07) is 0. The Hall–Kier alpha value is 0.150. The van der Waals surface area contributed by atoms with Gasteiger partial charge in [-0.3, -0.25) is 0 Å². The molecule has 2 N–H and O–H groups in total. The van der Waals surface area contributed by atoms with E-state index in [9.17, 15) is 14.8 Å². The van der Waals surface area contributed by atoms with Crippen LogP contribution < -0.4 is 0 Å². The van der Waals surface area contributed by atoms with Crippen molar-refractivity contribution < 1.29 is 14.8 Å². The van der Waals surface area contributed by atoms with Crippen LogP contribution in [0.15, 0.2) is 0 Å². The van der Waals surface area contributed by atoms with Crippen LogP contribution in [0.4, 0.5) is 0 Å². The molecule has 0 unspecified atom stereocenters. The molecule has 128 valence electrons. The molecule has 0 amide bonds. The monoisotopic (exact) mass is 328 g/mol. The van der Waals surface area contributed by atoms with Crippen LogP contribution in [-0.2, 0) is 4.57 Å². The minimum atomic E-state index is -2.22. The van der Waals surface area contributed by atoms with Gasteiger partial charge in [0.1, 0.15) is 0 Å². The molecule has 0 aromatic rings. The second-order valence-electron chi connectivity index (χ2n) is 7.98. The third-order valence-corrected chi connectivity index (χ3v) is 11.6. The fraction of sp³-hybridized carbons (Fsp3) is 1.00. The van der Waals surface area contributed by atoms with E-state index in [4.69, 9.17) is 0 Å². The maximum Gasteiger partial charge on any atom is 0.0965 e. The van der Waals surface area contributed by atoms with Crippen molar-refractivity contribution in [2.24, 2.45) is 0 Å². The molecule has 0 aliphatic heterocycles. The first-order chi connectivity index (χ1) is 10.6. The van der Waals surface area contributed by atoms with Crippen LogP contribution in [0.3, 0.4) is 0 Å². The molecule has 4 heteroatoms. The minimum absolute atomic E-state index is 0.163. The molecule has 0 saturated heterocycles. The smallest absolute Gasteiger partial charge is 0.0965 e. The highest BCUT2D eigenvalue weighted by atomic mass is 31.2. The lowest BCUT2D eigenvalue weighted by Gasteiger charge is -2.45. The molecule has 0 atom stereocenters. The highest BCUT2D eigenvalue weighted by Gasteiger charge is 2.47. The first kappa shape index (κ1) is 17.0. The van der Waals surface area contributed by atoms with Gasteiger partial charge in [-0.15, -0.1) is 0 Å². The topological polar surface area (TPSA) is 57.5 Å². The normalized spacial score (nSPS) is 41.0. The Morgan fingerprint density at radius 1 is 0.545 bits per heavy atom. The van der Waals surface area contributed by atoms with Gasteiger partial charge in [0.05, 0.1) is 19.3 Å². The number of hydrogen-bond acceptors (Lipinski definition) is 3. The van der Waals surface area contributed by atoms with E-state index in [0.717, 1.165) is 64.2 Å². The molecule has 3 aliphatic rings. The van der Waals surface area contributed by atoms with Gasteiger partial charge in [-0.25, -0.2) is 0 Å². The van der Waals surface area contributed by atoms with E-state index in [-0.39, 0.29) is 12.2 Å². The van der Waals surface area contributed by atoms with Crippen LogP contribution in [0.2, 0.25) is 0 Å². The van der Waals surface area contributed by atoms with E-state index in [1.807, 2.05) is 0 Å². The lowest BCUT2D eigenvalue weighted by molar-refractivity contribution is 0.126. The average molecular weight is 328 g/mol. The molecule has 0 heterocycles. The SMILES string of the molecule is O=P(C1CCCCC1)(C1CCC(O)CC1)C1CCC(O)CC1. The Bertz CT molecular complexity index is 363. The second kappa shape index (κ2) is 7.36. The largest absolute Gasteiger partial charge is 0.393 e. The molecule has 0 spiro atoms. The van der Waals surface area contributed by atoms with Gasteiger partial charge >= 0.3 is 0 Å². The number of aliphatic hydroxyl groups excluding tert-OH is 2. The summed E-state index contributed by atoms with van der Waals surface area (Å²) in [7, 11) is -2.22. The summed E-state index contributed by atoms with van der Waals surface area (Å²) >= 11 is 0. The molecular weight excluding hydrogens is 295 g/mol. The van der Waals surface area contributed by atoms with Crippen LogP contribution in [0.1, 0.15) is 83.5 Å². The van der Waals surface area contributed by atoms with Gasteiger partial charge in [0.15, 0.2) is 0 Å². The molecule has 0 aromatic carbocycles. The van der Waals surface area contributed by atoms with E-state index in [2.05, 4.69) is 0 Å². The first-order valence-corrected chi connectivity index (χ1v) is 11.5. The van der Waals surface area contributed by atoms with Gasteiger partial charge in [-0.1, -0.05) is 19.3 Å². The summed E-state index contributed by atoms with van der Waals surface area (Å²) < 4.78 is 14.3. The van der Waals surface area contributed by atoms with E-state index in [0.29, 0.717) is 17.0 Å². The van der Waals surface area contributed by atoms with E-state index in [1.54, 1.807) is 0 Å². The lowest BCUT2D eigenvalue weighted by atomic mass is 9.96. The van der Waals surface area contributed by atoms with Gasteiger partial charge in [-0.05, 0) is 64.2 Å². The van der Waals surface area contributed by atoms with Gasteiger partial charge in [-0.2, -0.15) is 0 Å². The fourth-order valence-corrected chi connectivity index (χ4v) is 10.5. The standard InChI is InChI=1S/C18H33O3P/c19-14-6-10-17(11-7-14)22(21,16-4-2-1-3-5-16)18-12-8-15(20)9-13-18/h14-20H,1-13H2. The fourth-order valence-electron chi connectivity index (χ4n) is 5.30. The van der Waals surface area contributed by atoms with Crippen molar-refractivity contribution >= 4 is 7.14 Å². The molecule has 3 saturated carbocycles. The quantitative estimate of drug-likeness (QED) is 0.760. The summed E-state index contributed by atoms with van der Waals surface area (Å²) in [5.41, 5.74) is 1.17. The Morgan fingerprint density at radius 3 is 1.32 bits per heavy atom. The molecule has 3 nitrogen and oxygen atoms in total. The Labute approximate surface area is 135 Å². The van der Waals surface area contributed by atoms with Gasteiger partial charge < -0.3 is 14.8 Å². The van der Waals surface area contributed by atoms with Crippen LogP contribution in [0, 0.1) is 0 Å². The third kappa shape index (κ3) is 3.47. The molecule has 3 fully saturated rings. The van der Waals surface area contributed by atoms with E-state index < -0.39 is 7.14 Å². The summed E-state index contributed by atoms with van der Waals surface area (Å²) in [6.45, 7) is 0. The van der Waals surface area contributed by atoms with Crippen LogP contribution in [-0.4, -0.2) is 39.4 Å². The maximum atomic E-state index is 14.3. The maximum absolute atomic E-state index is 14.3. The van der Waals surface area contributed by atoms with E-state index >= 15 is 0 Å². The van der Waals surface area contributed by atoms with Crippen molar-refractivity contribution in [2.45, 2.75) is 113 Å². The lowest BCUT2D eigenvalue weighted by Crippen LogP contribution is -2.34. The zero-order valence-electron chi connectivity index (χ0n) is 13.8. The Morgan fingerprint density at radius 2 is 0.909 bits per heavy atom. The summed E-state index contributed by atoms with van der Waals surface area (Å²) in [5, 5.41) is 19.7. The highest BCUT2D eigenvalue weighted by molar-refractivity contribution is 7.66. The molecule has 3 aliphatic carbocycles. The summed E-state index contributed by atoms with van der Waals surface area (Å²) in [5.74, 6) is 0. The highest BCUT2D eigenvalue weighted by Crippen LogP contribution is 2.68. The third-order valence-electron chi connectivity index (χ3n) is 6.62. The van der Waals surface area contributed by atoms with Crippen LogP contribution >= 0.6 is 7.14 Å². The van der Waals surface area contributed by atoms with Crippen LogP contribution in [0.25, 0.3) is 0 Å². The molecule has 3 rings (SSSR count). The molecule has 0 bridgehead atoms. The van der Waals surface area contributed by atoms with Crippen molar-refractivity contribution in [1.29, 1.82) is 0 Å². The molecular formula is C18H33O3P. The summed E-state index contributed by atoms with van der Waals surface area (Å²) in [6.07, 6.45) is 13.0. The predicted octanol–water partition coefficient (Wildman–Crippen LogP) is 4.29. The van der Waals surface area contributed by atoms with Gasteiger partial charge in [0.25, 0.3) is 0 Å². The van der Waals surface area contributed by atoms with E-state index in [1.165, 1.54) is 19.3 Å². The van der Waals surface area contributed by atoms with Crippen molar-refractivity contribution in [3.05, 3.63) is 0 Å². The molecule has 0 radical (unpaired) electrons. The average Bonchev–Trinajstić information content (AvgIpc) is 2.56. The Kier molecular flexibility index (Phi) is 5.69. The van der Waals surface area contributed by atoms with Crippen LogP contribution in [0.5, 0.6) is 0 Å².